The van der Waals surface area contributed by atoms with Gasteiger partial charge in [-0.15, -0.1) is 0 Å². The van der Waals surface area contributed by atoms with Crippen molar-refractivity contribution in [3.63, 3.8) is 0 Å². The summed E-state index contributed by atoms with van der Waals surface area (Å²) in [7, 11) is 0. The van der Waals surface area contributed by atoms with Crippen LogP contribution in [0.3, 0.4) is 0 Å². The number of benzene rings is 2. The maximum Gasteiger partial charge on any atom is 0.258 e. The number of aromatic hydroxyl groups is 1. The molecule has 0 aliphatic carbocycles. The number of aryl methyl sites for hydroxylation is 1. The summed E-state index contributed by atoms with van der Waals surface area (Å²) < 4.78 is 0. The van der Waals surface area contributed by atoms with E-state index in [0.717, 1.165) is 11.3 Å². The monoisotopic (exact) mass is 270 g/mol. The molecule has 0 aliphatic rings. The Labute approximate surface area is 118 Å². The smallest absolute Gasteiger partial charge is 0.258 e. The molecule has 0 unspecified atom stereocenters. The van der Waals surface area contributed by atoms with E-state index in [1.807, 2.05) is 19.1 Å². The van der Waals surface area contributed by atoms with Gasteiger partial charge in [0.25, 0.3) is 5.91 Å². The van der Waals surface area contributed by atoms with E-state index in [9.17, 15) is 9.90 Å². The molecule has 2 aromatic rings. The van der Waals surface area contributed by atoms with E-state index in [0.29, 0.717) is 17.8 Å². The highest BCUT2D eigenvalue weighted by Crippen LogP contribution is 2.22. The molecular formula is C16H18N2O2. The molecule has 0 spiro atoms. The fourth-order valence-electron chi connectivity index (χ4n) is 2.17. The molecule has 0 heterocycles. The number of anilines is 2. The molecule has 0 saturated carbocycles. The second-order valence-electron chi connectivity index (χ2n) is 4.64. The van der Waals surface area contributed by atoms with Crippen molar-refractivity contribution in [1.82, 2.24) is 0 Å². The third kappa shape index (κ3) is 2.74. The number of amides is 1. The van der Waals surface area contributed by atoms with E-state index in [2.05, 4.69) is 0 Å². The van der Waals surface area contributed by atoms with E-state index < -0.39 is 0 Å². The van der Waals surface area contributed by atoms with Gasteiger partial charge in [-0.1, -0.05) is 6.07 Å². The zero-order chi connectivity index (χ0) is 14.7. The van der Waals surface area contributed by atoms with Gasteiger partial charge in [-0.25, -0.2) is 0 Å². The molecule has 3 N–H and O–H groups in total. The molecule has 0 aromatic heterocycles. The number of carbonyl (C=O) groups is 1. The summed E-state index contributed by atoms with van der Waals surface area (Å²) in [6, 6.07) is 12.0. The van der Waals surface area contributed by atoms with Gasteiger partial charge in [-0.05, 0) is 55.8 Å². The summed E-state index contributed by atoms with van der Waals surface area (Å²) in [5.74, 6) is 0.0571. The van der Waals surface area contributed by atoms with Crippen molar-refractivity contribution in [2.24, 2.45) is 0 Å². The van der Waals surface area contributed by atoms with E-state index >= 15 is 0 Å². The predicted molar refractivity (Wildman–Crippen MR) is 81.0 cm³/mol. The lowest BCUT2D eigenvalue weighted by Crippen LogP contribution is -2.31. The van der Waals surface area contributed by atoms with Gasteiger partial charge in [-0.2, -0.15) is 0 Å². The van der Waals surface area contributed by atoms with Crippen LogP contribution in [0.2, 0.25) is 0 Å². The average molecular weight is 270 g/mol. The third-order valence-electron chi connectivity index (χ3n) is 3.18. The zero-order valence-corrected chi connectivity index (χ0v) is 11.6. The Morgan fingerprint density at radius 3 is 2.60 bits per heavy atom. The largest absolute Gasteiger partial charge is 0.508 e. The van der Waals surface area contributed by atoms with Crippen LogP contribution in [-0.2, 0) is 0 Å². The summed E-state index contributed by atoms with van der Waals surface area (Å²) in [6.07, 6.45) is 0. The second-order valence-corrected chi connectivity index (χ2v) is 4.64. The van der Waals surface area contributed by atoms with Gasteiger partial charge in [0.2, 0.25) is 0 Å². The highest BCUT2D eigenvalue weighted by Gasteiger charge is 2.18. The number of carbonyl (C=O) groups excluding carboxylic acids is 1. The molecule has 20 heavy (non-hydrogen) atoms. The lowest BCUT2D eigenvalue weighted by molar-refractivity contribution is 0.0988. The summed E-state index contributed by atoms with van der Waals surface area (Å²) >= 11 is 0. The third-order valence-corrected chi connectivity index (χ3v) is 3.18. The van der Waals surface area contributed by atoms with Crippen LogP contribution < -0.4 is 10.6 Å². The van der Waals surface area contributed by atoms with Crippen LogP contribution >= 0.6 is 0 Å². The van der Waals surface area contributed by atoms with Crippen molar-refractivity contribution < 1.29 is 9.90 Å². The van der Waals surface area contributed by atoms with E-state index in [-0.39, 0.29) is 11.7 Å². The molecule has 1 amide bonds. The maximum absolute atomic E-state index is 12.6. The van der Waals surface area contributed by atoms with Crippen LogP contribution in [-0.4, -0.2) is 17.6 Å². The van der Waals surface area contributed by atoms with Crippen LogP contribution in [0, 0.1) is 6.92 Å². The lowest BCUT2D eigenvalue weighted by Gasteiger charge is -2.22. The topological polar surface area (TPSA) is 66.6 Å². The molecule has 0 aliphatic heterocycles. The number of nitrogens with zero attached hydrogens (tertiary/aromatic N) is 1. The zero-order valence-electron chi connectivity index (χ0n) is 11.6. The second kappa shape index (κ2) is 5.65. The SMILES string of the molecule is CCN(C(=O)c1ccc(O)cc1C)c1cccc(N)c1. The van der Waals surface area contributed by atoms with Crippen molar-refractivity contribution in [3.8, 4) is 5.75 Å². The van der Waals surface area contributed by atoms with Gasteiger partial charge < -0.3 is 15.7 Å². The summed E-state index contributed by atoms with van der Waals surface area (Å²) in [4.78, 5) is 14.3. The van der Waals surface area contributed by atoms with Crippen LogP contribution in [0.1, 0.15) is 22.8 Å². The standard InChI is InChI=1S/C16H18N2O2/c1-3-18(13-6-4-5-12(17)10-13)16(20)15-8-7-14(19)9-11(15)2/h4-10,19H,3,17H2,1-2H3. The van der Waals surface area contributed by atoms with Gasteiger partial charge in [0.15, 0.2) is 0 Å². The van der Waals surface area contributed by atoms with Gasteiger partial charge >= 0.3 is 0 Å². The summed E-state index contributed by atoms with van der Waals surface area (Å²) in [5.41, 5.74) is 8.48. The van der Waals surface area contributed by atoms with Gasteiger partial charge in [0.05, 0.1) is 0 Å². The number of hydrogen-bond acceptors (Lipinski definition) is 3. The molecule has 4 nitrogen and oxygen atoms in total. The number of nitrogens with two attached hydrogens (primary N) is 1. The van der Waals surface area contributed by atoms with Gasteiger partial charge in [0, 0.05) is 23.5 Å². The quantitative estimate of drug-likeness (QED) is 0.843. The molecule has 0 atom stereocenters. The molecule has 0 saturated heterocycles. The van der Waals surface area contributed by atoms with E-state index in [1.165, 1.54) is 6.07 Å². The first kappa shape index (κ1) is 13.9. The Balaban J connectivity index is 2.39. The van der Waals surface area contributed by atoms with Crippen molar-refractivity contribution >= 4 is 17.3 Å². The molecule has 2 aromatic carbocycles. The van der Waals surface area contributed by atoms with Gasteiger partial charge in [-0.3, -0.25) is 4.79 Å². The van der Waals surface area contributed by atoms with Crippen LogP contribution in [0.4, 0.5) is 11.4 Å². The molecular weight excluding hydrogens is 252 g/mol. The number of phenolic OH excluding ortho intramolecular Hbond substituents is 1. The molecule has 104 valence electrons. The first-order chi connectivity index (χ1) is 9.52. The summed E-state index contributed by atoms with van der Waals surface area (Å²) in [6.45, 7) is 4.26. The van der Waals surface area contributed by atoms with Gasteiger partial charge in [0.1, 0.15) is 5.75 Å². The van der Waals surface area contributed by atoms with Crippen molar-refractivity contribution in [2.45, 2.75) is 13.8 Å². The molecule has 0 bridgehead atoms. The Kier molecular flexibility index (Phi) is 3.94. The lowest BCUT2D eigenvalue weighted by atomic mass is 10.1. The number of rotatable bonds is 3. The maximum atomic E-state index is 12.6. The van der Waals surface area contributed by atoms with Crippen LogP contribution in [0.5, 0.6) is 5.75 Å². The fraction of sp³-hybridized carbons (Fsp3) is 0.188. The number of phenols is 1. The average Bonchev–Trinajstić information content (AvgIpc) is 2.39. The van der Waals surface area contributed by atoms with Crippen LogP contribution in [0.25, 0.3) is 0 Å². The van der Waals surface area contributed by atoms with Crippen molar-refractivity contribution in [3.05, 3.63) is 53.6 Å². The van der Waals surface area contributed by atoms with E-state index in [1.54, 1.807) is 36.1 Å². The first-order valence-electron chi connectivity index (χ1n) is 6.50. The predicted octanol–water partition coefficient (Wildman–Crippen LogP) is 2.95. The highest BCUT2D eigenvalue weighted by atomic mass is 16.3. The van der Waals surface area contributed by atoms with Crippen molar-refractivity contribution in [2.75, 3.05) is 17.2 Å². The minimum absolute atomic E-state index is 0.101. The van der Waals surface area contributed by atoms with E-state index in [4.69, 9.17) is 5.73 Å². The first-order valence-corrected chi connectivity index (χ1v) is 6.50. The molecule has 0 radical (unpaired) electrons. The molecule has 4 heteroatoms. The molecule has 0 fully saturated rings. The Morgan fingerprint density at radius 1 is 1.25 bits per heavy atom. The highest BCUT2D eigenvalue weighted by molar-refractivity contribution is 6.07. The van der Waals surface area contributed by atoms with Crippen LogP contribution in [0.15, 0.2) is 42.5 Å². The number of hydrogen-bond donors (Lipinski definition) is 2. The molecule has 2 rings (SSSR count). The Hall–Kier alpha value is -2.49. The Bertz CT molecular complexity index is 638. The normalized spacial score (nSPS) is 10.3. The number of nitrogen functional groups attached to an aromatic ring is 1. The Morgan fingerprint density at radius 2 is 2.00 bits per heavy atom. The van der Waals surface area contributed by atoms with Crippen molar-refractivity contribution in [1.29, 1.82) is 0 Å². The minimum Gasteiger partial charge on any atom is -0.508 e. The summed E-state index contributed by atoms with van der Waals surface area (Å²) in [5, 5.41) is 9.43. The fourth-order valence-corrected chi connectivity index (χ4v) is 2.17. The minimum atomic E-state index is -0.101.